The van der Waals surface area contributed by atoms with Crippen molar-refractivity contribution >= 4 is 38.9 Å². The molecule has 0 heterocycles. The Morgan fingerprint density at radius 2 is 1.88 bits per heavy atom. The first kappa shape index (κ1) is 19.9. The maximum atomic E-state index is 12.5. The number of hydrogen-bond acceptors (Lipinski definition) is 4. The molecule has 0 aliphatic rings. The second kappa shape index (κ2) is 7.88. The highest BCUT2D eigenvalue weighted by Crippen LogP contribution is 2.29. The number of carbonyl (C=O) groups excluding carboxylic acids is 1. The van der Waals surface area contributed by atoms with Crippen LogP contribution in [0.5, 0.6) is 5.75 Å². The molecule has 0 fully saturated rings. The molecule has 0 atom stereocenters. The standard InChI is InChI=1S/C16H15ClF2N2O4S/c1-9-3-5-13(21-26(2,23)24)11(7-9)15(22)20-10-4-6-14(12(17)8-10)25-16(18)19/h3-8,16,21H,1-2H3,(H,20,22). The molecule has 0 spiro atoms. The molecule has 0 saturated carbocycles. The summed E-state index contributed by atoms with van der Waals surface area (Å²) in [6.07, 6.45) is 0.968. The van der Waals surface area contributed by atoms with Crippen molar-refractivity contribution in [2.75, 3.05) is 16.3 Å². The molecule has 0 aliphatic heterocycles. The van der Waals surface area contributed by atoms with E-state index in [2.05, 4.69) is 14.8 Å². The molecule has 26 heavy (non-hydrogen) atoms. The lowest BCUT2D eigenvalue weighted by Gasteiger charge is -2.13. The van der Waals surface area contributed by atoms with Gasteiger partial charge in [-0.1, -0.05) is 23.2 Å². The third-order valence-corrected chi connectivity index (χ3v) is 4.01. The molecule has 0 aromatic heterocycles. The van der Waals surface area contributed by atoms with Crippen molar-refractivity contribution in [2.24, 2.45) is 0 Å². The van der Waals surface area contributed by atoms with Crippen LogP contribution in [0, 0.1) is 6.92 Å². The Morgan fingerprint density at radius 3 is 2.46 bits per heavy atom. The summed E-state index contributed by atoms with van der Waals surface area (Å²) >= 11 is 5.85. The van der Waals surface area contributed by atoms with Crippen LogP contribution in [0.25, 0.3) is 0 Å². The van der Waals surface area contributed by atoms with Gasteiger partial charge in [0.05, 0.1) is 22.5 Å². The van der Waals surface area contributed by atoms with Gasteiger partial charge in [0.15, 0.2) is 0 Å². The van der Waals surface area contributed by atoms with Gasteiger partial charge >= 0.3 is 6.61 Å². The number of aryl methyl sites for hydroxylation is 1. The molecule has 1 amide bonds. The van der Waals surface area contributed by atoms with Crippen molar-refractivity contribution in [3.05, 3.63) is 52.5 Å². The average molecular weight is 405 g/mol. The van der Waals surface area contributed by atoms with E-state index in [0.717, 1.165) is 11.8 Å². The quantitative estimate of drug-likeness (QED) is 0.765. The summed E-state index contributed by atoms with van der Waals surface area (Å²) < 4.78 is 53.9. The smallest absolute Gasteiger partial charge is 0.387 e. The van der Waals surface area contributed by atoms with Crippen LogP contribution in [0.4, 0.5) is 20.2 Å². The number of carbonyl (C=O) groups is 1. The minimum absolute atomic E-state index is 0.0967. The molecular formula is C16H15ClF2N2O4S. The molecule has 0 aliphatic carbocycles. The fourth-order valence-corrected chi connectivity index (χ4v) is 2.91. The van der Waals surface area contributed by atoms with E-state index in [1.807, 2.05) is 0 Å². The summed E-state index contributed by atoms with van der Waals surface area (Å²) in [6.45, 7) is -1.28. The number of sulfonamides is 1. The van der Waals surface area contributed by atoms with E-state index in [1.54, 1.807) is 13.0 Å². The number of nitrogens with one attached hydrogen (secondary N) is 2. The average Bonchev–Trinajstić information content (AvgIpc) is 2.50. The van der Waals surface area contributed by atoms with E-state index in [9.17, 15) is 22.0 Å². The number of anilines is 2. The van der Waals surface area contributed by atoms with Crippen LogP contribution >= 0.6 is 11.6 Å². The Labute approximate surface area is 154 Å². The second-order valence-corrected chi connectivity index (χ2v) is 7.56. The topological polar surface area (TPSA) is 84.5 Å². The van der Waals surface area contributed by atoms with Gasteiger partial charge < -0.3 is 10.1 Å². The molecule has 0 saturated heterocycles. The number of rotatable bonds is 6. The summed E-state index contributed by atoms with van der Waals surface area (Å²) in [5.74, 6) is -0.826. The molecular weight excluding hydrogens is 390 g/mol. The lowest BCUT2D eigenvalue weighted by Crippen LogP contribution is -2.17. The predicted octanol–water partition coefficient (Wildman–Crippen LogP) is 3.87. The Kier molecular flexibility index (Phi) is 6.04. The summed E-state index contributed by atoms with van der Waals surface area (Å²) in [7, 11) is -3.58. The maximum Gasteiger partial charge on any atom is 0.387 e. The van der Waals surface area contributed by atoms with Crippen molar-refractivity contribution < 1.29 is 26.7 Å². The van der Waals surface area contributed by atoms with Crippen LogP contribution in [0.15, 0.2) is 36.4 Å². The molecule has 2 N–H and O–H groups in total. The predicted molar refractivity (Wildman–Crippen MR) is 95.7 cm³/mol. The van der Waals surface area contributed by atoms with Crippen LogP contribution in [-0.2, 0) is 10.0 Å². The number of halogens is 3. The zero-order valence-corrected chi connectivity index (χ0v) is 15.3. The van der Waals surface area contributed by atoms with Crippen molar-refractivity contribution in [3.8, 4) is 5.75 Å². The van der Waals surface area contributed by atoms with Gasteiger partial charge in [-0.05, 0) is 37.3 Å². The van der Waals surface area contributed by atoms with E-state index < -0.39 is 22.5 Å². The van der Waals surface area contributed by atoms with Gasteiger partial charge in [-0.3, -0.25) is 9.52 Å². The monoisotopic (exact) mass is 404 g/mol. The van der Waals surface area contributed by atoms with E-state index in [1.165, 1.54) is 30.3 Å². The summed E-state index contributed by atoms with van der Waals surface area (Å²) in [5, 5.41) is 2.42. The normalized spacial score (nSPS) is 11.3. The zero-order chi connectivity index (χ0) is 19.5. The van der Waals surface area contributed by atoms with E-state index >= 15 is 0 Å². The number of ether oxygens (including phenoxy) is 1. The molecule has 140 valence electrons. The Hall–Kier alpha value is -2.39. The van der Waals surface area contributed by atoms with Gasteiger partial charge in [0.25, 0.3) is 5.91 Å². The van der Waals surface area contributed by atoms with E-state index in [0.29, 0.717) is 0 Å². The lowest BCUT2D eigenvalue weighted by atomic mass is 10.1. The van der Waals surface area contributed by atoms with Gasteiger partial charge in [-0.2, -0.15) is 8.78 Å². The number of hydrogen-bond donors (Lipinski definition) is 2. The van der Waals surface area contributed by atoms with Crippen molar-refractivity contribution in [1.82, 2.24) is 0 Å². The Bertz CT molecular complexity index is 936. The Balaban J connectivity index is 2.27. The van der Waals surface area contributed by atoms with Crippen molar-refractivity contribution in [2.45, 2.75) is 13.5 Å². The molecule has 0 unspecified atom stereocenters. The van der Waals surface area contributed by atoms with Crippen LogP contribution in [-0.4, -0.2) is 27.2 Å². The summed E-state index contributed by atoms with van der Waals surface area (Å²) in [4.78, 5) is 12.5. The fraction of sp³-hybridized carbons (Fsp3) is 0.188. The number of amides is 1. The van der Waals surface area contributed by atoms with Gasteiger partial charge in [0.1, 0.15) is 5.75 Å². The van der Waals surface area contributed by atoms with Crippen LogP contribution in [0.1, 0.15) is 15.9 Å². The van der Waals surface area contributed by atoms with Gasteiger partial charge in [-0.25, -0.2) is 8.42 Å². The second-order valence-electron chi connectivity index (χ2n) is 5.40. The van der Waals surface area contributed by atoms with Crippen LogP contribution in [0.2, 0.25) is 5.02 Å². The summed E-state index contributed by atoms with van der Waals surface area (Å²) in [6, 6.07) is 8.40. The van der Waals surface area contributed by atoms with Gasteiger partial charge in [0.2, 0.25) is 10.0 Å². The highest BCUT2D eigenvalue weighted by molar-refractivity contribution is 7.92. The van der Waals surface area contributed by atoms with Crippen molar-refractivity contribution in [1.29, 1.82) is 0 Å². The van der Waals surface area contributed by atoms with Gasteiger partial charge in [-0.15, -0.1) is 0 Å². The molecule has 2 rings (SSSR count). The maximum absolute atomic E-state index is 12.5. The van der Waals surface area contributed by atoms with Crippen LogP contribution < -0.4 is 14.8 Å². The van der Waals surface area contributed by atoms with E-state index in [-0.39, 0.29) is 27.7 Å². The largest absolute Gasteiger partial charge is 0.433 e. The molecule has 10 heteroatoms. The first-order chi connectivity index (χ1) is 12.0. The third-order valence-electron chi connectivity index (χ3n) is 3.12. The molecule has 2 aromatic rings. The van der Waals surface area contributed by atoms with Gasteiger partial charge in [0, 0.05) is 5.69 Å². The molecule has 2 aromatic carbocycles. The minimum atomic E-state index is -3.58. The highest BCUT2D eigenvalue weighted by atomic mass is 35.5. The molecule has 0 radical (unpaired) electrons. The third kappa shape index (κ3) is 5.57. The summed E-state index contributed by atoms with van der Waals surface area (Å²) in [5.41, 5.74) is 1.18. The van der Waals surface area contributed by atoms with Crippen molar-refractivity contribution in [3.63, 3.8) is 0 Å². The SMILES string of the molecule is Cc1ccc(NS(C)(=O)=O)c(C(=O)Nc2ccc(OC(F)F)c(Cl)c2)c1. The first-order valence-corrected chi connectivity index (χ1v) is 9.46. The zero-order valence-electron chi connectivity index (χ0n) is 13.7. The highest BCUT2D eigenvalue weighted by Gasteiger charge is 2.16. The molecule has 6 nitrogen and oxygen atoms in total. The number of alkyl halides is 2. The van der Waals surface area contributed by atoms with E-state index in [4.69, 9.17) is 11.6 Å². The van der Waals surface area contributed by atoms with Crippen LogP contribution in [0.3, 0.4) is 0 Å². The number of benzene rings is 2. The minimum Gasteiger partial charge on any atom is -0.433 e. The lowest BCUT2D eigenvalue weighted by molar-refractivity contribution is -0.0497. The Morgan fingerprint density at radius 1 is 1.19 bits per heavy atom. The first-order valence-electron chi connectivity index (χ1n) is 7.19. The fourth-order valence-electron chi connectivity index (χ4n) is 2.10. The molecule has 0 bridgehead atoms.